The number of nitrogens with one attached hydrogen (secondary N) is 2. The zero-order chi connectivity index (χ0) is 18.8. The number of benzene rings is 2. The van der Waals surface area contributed by atoms with Gasteiger partial charge in [0.05, 0.1) is 4.90 Å². The molecule has 1 aromatic heterocycles. The second kappa shape index (κ2) is 7.10. The minimum Gasteiger partial charge on any atom is -0.280 e. The number of aryl methyl sites for hydroxylation is 1. The zero-order valence-electron chi connectivity index (χ0n) is 13.7. The normalized spacial score (nSPS) is 11.9. The number of thiophene rings is 1. The van der Waals surface area contributed by atoms with E-state index in [0.717, 1.165) is 4.88 Å². The summed E-state index contributed by atoms with van der Waals surface area (Å²) in [5.74, 6) is 0. The maximum Gasteiger partial charge on any atom is 0.271 e. The number of hydrogen-bond donors (Lipinski definition) is 2. The maximum atomic E-state index is 12.4. The third kappa shape index (κ3) is 4.24. The maximum absolute atomic E-state index is 12.4. The highest BCUT2D eigenvalue weighted by molar-refractivity contribution is 7.94. The first-order chi connectivity index (χ1) is 12.3. The number of para-hydroxylation sites is 1. The monoisotopic (exact) mass is 408 g/mol. The van der Waals surface area contributed by atoms with Crippen molar-refractivity contribution in [3.8, 4) is 0 Å². The van der Waals surface area contributed by atoms with E-state index in [1.165, 1.54) is 41.7 Å². The van der Waals surface area contributed by atoms with Crippen molar-refractivity contribution in [1.29, 1.82) is 0 Å². The minimum absolute atomic E-state index is 0.0382. The molecule has 0 amide bonds. The molecule has 2 aromatic carbocycles. The number of rotatable bonds is 6. The number of hydrogen-bond acceptors (Lipinski definition) is 5. The van der Waals surface area contributed by atoms with E-state index in [1.54, 1.807) is 36.4 Å². The Morgan fingerprint density at radius 3 is 1.85 bits per heavy atom. The second-order valence-corrected chi connectivity index (χ2v) is 10.3. The van der Waals surface area contributed by atoms with Gasteiger partial charge in [-0.2, -0.15) is 0 Å². The zero-order valence-corrected chi connectivity index (χ0v) is 16.2. The van der Waals surface area contributed by atoms with Crippen molar-refractivity contribution < 1.29 is 16.8 Å². The molecule has 2 N–H and O–H groups in total. The van der Waals surface area contributed by atoms with E-state index in [0.29, 0.717) is 5.69 Å². The van der Waals surface area contributed by atoms with Crippen molar-refractivity contribution in [2.45, 2.75) is 16.0 Å². The molecule has 0 atom stereocenters. The van der Waals surface area contributed by atoms with Gasteiger partial charge in [0.1, 0.15) is 4.21 Å². The predicted molar refractivity (Wildman–Crippen MR) is 104 cm³/mol. The molecule has 0 radical (unpaired) electrons. The van der Waals surface area contributed by atoms with E-state index in [1.807, 2.05) is 6.92 Å². The summed E-state index contributed by atoms with van der Waals surface area (Å²) in [6, 6.07) is 17.3. The van der Waals surface area contributed by atoms with Gasteiger partial charge < -0.3 is 0 Å². The Morgan fingerprint density at radius 1 is 0.692 bits per heavy atom. The lowest BCUT2D eigenvalue weighted by Gasteiger charge is -2.10. The van der Waals surface area contributed by atoms with Crippen LogP contribution in [0.4, 0.5) is 11.4 Å². The summed E-state index contributed by atoms with van der Waals surface area (Å²) in [5.41, 5.74) is 0.736. The molecule has 9 heteroatoms. The third-order valence-electron chi connectivity index (χ3n) is 3.42. The van der Waals surface area contributed by atoms with E-state index in [4.69, 9.17) is 0 Å². The summed E-state index contributed by atoms with van der Waals surface area (Å²) in [6.07, 6.45) is 0. The van der Waals surface area contributed by atoms with Crippen molar-refractivity contribution in [2.24, 2.45) is 0 Å². The highest BCUT2D eigenvalue weighted by Crippen LogP contribution is 2.24. The van der Waals surface area contributed by atoms with Crippen LogP contribution in [-0.2, 0) is 20.0 Å². The van der Waals surface area contributed by atoms with Crippen LogP contribution in [0, 0.1) is 6.92 Å². The van der Waals surface area contributed by atoms with Crippen molar-refractivity contribution in [2.75, 3.05) is 9.44 Å². The Bertz CT molecular complexity index is 1100. The Morgan fingerprint density at radius 2 is 1.27 bits per heavy atom. The minimum atomic E-state index is -3.75. The lowest BCUT2D eigenvalue weighted by molar-refractivity contribution is 0.600. The largest absolute Gasteiger partial charge is 0.280 e. The quantitative estimate of drug-likeness (QED) is 0.651. The molecule has 26 heavy (non-hydrogen) atoms. The standard InChI is InChI=1S/C17H16N2O4S3/c1-13-7-12-17(24-13)26(22,23)19-15-8-10-16(11-9-15)25(20,21)18-14-5-3-2-4-6-14/h2-12,18-19H,1H3. The van der Waals surface area contributed by atoms with Gasteiger partial charge in [-0.05, 0) is 55.5 Å². The molecular formula is C17H16N2O4S3. The highest BCUT2D eigenvalue weighted by atomic mass is 32.2. The van der Waals surface area contributed by atoms with Crippen LogP contribution in [0.5, 0.6) is 0 Å². The molecule has 0 saturated carbocycles. The summed E-state index contributed by atoms with van der Waals surface area (Å²) in [6.45, 7) is 1.82. The Labute approximate surface area is 156 Å². The van der Waals surface area contributed by atoms with Crippen molar-refractivity contribution >= 4 is 42.8 Å². The lowest BCUT2D eigenvalue weighted by atomic mass is 10.3. The first-order valence-electron chi connectivity index (χ1n) is 7.53. The molecule has 0 aliphatic carbocycles. The summed E-state index contributed by atoms with van der Waals surface area (Å²) in [5, 5.41) is 0. The van der Waals surface area contributed by atoms with Crippen LogP contribution in [0.2, 0.25) is 0 Å². The van der Waals surface area contributed by atoms with E-state index in [9.17, 15) is 16.8 Å². The van der Waals surface area contributed by atoms with Gasteiger partial charge in [0, 0.05) is 16.3 Å². The molecular weight excluding hydrogens is 392 g/mol. The number of sulfonamides is 2. The van der Waals surface area contributed by atoms with Gasteiger partial charge in [-0.15, -0.1) is 11.3 Å². The average Bonchev–Trinajstić information content (AvgIpc) is 3.03. The van der Waals surface area contributed by atoms with Gasteiger partial charge in [-0.25, -0.2) is 16.8 Å². The average molecular weight is 409 g/mol. The van der Waals surface area contributed by atoms with Crippen molar-refractivity contribution in [1.82, 2.24) is 0 Å². The van der Waals surface area contributed by atoms with Crippen LogP contribution in [0.1, 0.15) is 4.88 Å². The topological polar surface area (TPSA) is 92.3 Å². The van der Waals surface area contributed by atoms with Crippen LogP contribution in [0.25, 0.3) is 0 Å². The van der Waals surface area contributed by atoms with E-state index < -0.39 is 20.0 Å². The molecule has 0 unspecified atom stereocenters. The smallest absolute Gasteiger partial charge is 0.271 e. The number of anilines is 2. The summed E-state index contributed by atoms with van der Waals surface area (Å²) in [4.78, 5) is 0.926. The van der Waals surface area contributed by atoms with Crippen molar-refractivity contribution in [3.63, 3.8) is 0 Å². The Hall–Kier alpha value is -2.36. The van der Waals surface area contributed by atoms with Gasteiger partial charge >= 0.3 is 0 Å². The molecule has 0 fully saturated rings. The van der Waals surface area contributed by atoms with Crippen LogP contribution >= 0.6 is 11.3 Å². The van der Waals surface area contributed by atoms with Gasteiger partial charge in [-0.3, -0.25) is 9.44 Å². The fourth-order valence-electron chi connectivity index (χ4n) is 2.18. The summed E-state index contributed by atoms with van der Waals surface area (Å²) in [7, 11) is -7.43. The molecule has 0 saturated heterocycles. The van der Waals surface area contributed by atoms with Gasteiger partial charge in [0.25, 0.3) is 20.0 Å². The van der Waals surface area contributed by atoms with Gasteiger partial charge in [0.15, 0.2) is 0 Å². The molecule has 6 nitrogen and oxygen atoms in total. The first kappa shape index (κ1) is 18.4. The molecule has 136 valence electrons. The van der Waals surface area contributed by atoms with Crippen LogP contribution in [0.3, 0.4) is 0 Å². The highest BCUT2D eigenvalue weighted by Gasteiger charge is 2.18. The molecule has 3 aromatic rings. The Kier molecular flexibility index (Phi) is 5.03. The molecule has 0 aliphatic rings. The third-order valence-corrected chi connectivity index (χ3v) is 7.69. The second-order valence-electron chi connectivity index (χ2n) is 5.47. The Balaban J connectivity index is 1.78. The van der Waals surface area contributed by atoms with Gasteiger partial charge in [-0.1, -0.05) is 18.2 Å². The van der Waals surface area contributed by atoms with E-state index in [2.05, 4.69) is 9.44 Å². The molecule has 1 heterocycles. The molecule has 0 bridgehead atoms. The fraction of sp³-hybridized carbons (Fsp3) is 0.0588. The van der Waals surface area contributed by atoms with Crippen molar-refractivity contribution in [3.05, 3.63) is 71.6 Å². The van der Waals surface area contributed by atoms with Crippen LogP contribution in [-0.4, -0.2) is 16.8 Å². The van der Waals surface area contributed by atoms with Crippen LogP contribution < -0.4 is 9.44 Å². The fourth-order valence-corrected chi connectivity index (χ4v) is 5.58. The lowest BCUT2D eigenvalue weighted by Crippen LogP contribution is -2.14. The molecule has 0 aliphatic heterocycles. The molecule has 0 spiro atoms. The SMILES string of the molecule is Cc1ccc(S(=O)(=O)Nc2ccc(S(=O)(=O)Nc3ccccc3)cc2)s1. The van der Waals surface area contributed by atoms with Gasteiger partial charge in [0.2, 0.25) is 0 Å². The van der Waals surface area contributed by atoms with E-state index in [-0.39, 0.29) is 14.8 Å². The molecule has 3 rings (SSSR count). The van der Waals surface area contributed by atoms with Crippen LogP contribution in [0.15, 0.2) is 75.8 Å². The predicted octanol–water partition coefficient (Wildman–Crippen LogP) is 3.66. The summed E-state index contributed by atoms with van der Waals surface area (Å²) >= 11 is 1.17. The van der Waals surface area contributed by atoms with E-state index >= 15 is 0 Å². The summed E-state index contributed by atoms with van der Waals surface area (Å²) < 4.78 is 54.5. The first-order valence-corrected chi connectivity index (χ1v) is 11.3.